The molecule has 0 amide bonds. The van der Waals surface area contributed by atoms with Crippen molar-refractivity contribution in [2.24, 2.45) is 5.92 Å². The van der Waals surface area contributed by atoms with Crippen LogP contribution in [0.4, 0.5) is 0 Å². The zero-order valence-electron chi connectivity index (χ0n) is 9.40. The van der Waals surface area contributed by atoms with E-state index in [4.69, 9.17) is 0 Å². The van der Waals surface area contributed by atoms with Crippen molar-refractivity contribution in [1.29, 1.82) is 0 Å². The van der Waals surface area contributed by atoms with Gasteiger partial charge in [-0.2, -0.15) is 0 Å². The van der Waals surface area contributed by atoms with E-state index in [1.807, 2.05) is 6.92 Å². The Morgan fingerprint density at radius 1 is 1.47 bits per heavy atom. The van der Waals surface area contributed by atoms with Gasteiger partial charge in [0.15, 0.2) is 0 Å². The van der Waals surface area contributed by atoms with E-state index in [1.165, 1.54) is 4.31 Å². The van der Waals surface area contributed by atoms with Gasteiger partial charge in [0.1, 0.15) is 5.78 Å². The summed E-state index contributed by atoms with van der Waals surface area (Å²) in [6.07, 6.45) is 1.94. The molecule has 0 bridgehead atoms. The van der Waals surface area contributed by atoms with Gasteiger partial charge in [-0.1, -0.05) is 20.3 Å². The van der Waals surface area contributed by atoms with Crippen molar-refractivity contribution < 1.29 is 13.2 Å². The SMILES string of the molecule is CCCCS(=O)(=O)N1CCC(=O)C(C)C1. The first kappa shape index (κ1) is 12.6. The van der Waals surface area contributed by atoms with E-state index in [0.717, 1.165) is 6.42 Å². The summed E-state index contributed by atoms with van der Waals surface area (Å²) in [5.41, 5.74) is 0. The van der Waals surface area contributed by atoms with Crippen LogP contribution in [0.2, 0.25) is 0 Å². The largest absolute Gasteiger partial charge is 0.299 e. The predicted octanol–water partition coefficient (Wildman–Crippen LogP) is 1.03. The van der Waals surface area contributed by atoms with Crippen molar-refractivity contribution in [3.05, 3.63) is 0 Å². The number of Topliss-reactive ketones (excluding diaryl/α,β-unsaturated/α-hetero) is 1. The van der Waals surface area contributed by atoms with E-state index in [0.29, 0.717) is 25.9 Å². The number of piperidine rings is 1. The Hall–Kier alpha value is -0.420. The molecule has 0 aliphatic carbocycles. The first-order valence-electron chi connectivity index (χ1n) is 5.48. The molecule has 1 heterocycles. The molecule has 0 spiro atoms. The predicted molar refractivity (Wildman–Crippen MR) is 59.1 cm³/mol. The quantitative estimate of drug-likeness (QED) is 0.728. The van der Waals surface area contributed by atoms with Gasteiger partial charge in [-0.05, 0) is 6.42 Å². The van der Waals surface area contributed by atoms with E-state index in [9.17, 15) is 13.2 Å². The molecule has 1 aliphatic heterocycles. The molecule has 0 radical (unpaired) electrons. The molecule has 1 fully saturated rings. The Morgan fingerprint density at radius 3 is 2.67 bits per heavy atom. The lowest BCUT2D eigenvalue weighted by molar-refractivity contribution is -0.124. The molecule has 0 aromatic rings. The van der Waals surface area contributed by atoms with Gasteiger partial charge in [0, 0.05) is 25.4 Å². The topological polar surface area (TPSA) is 54.5 Å². The molecule has 1 atom stereocenters. The van der Waals surface area contributed by atoms with Crippen molar-refractivity contribution >= 4 is 15.8 Å². The number of rotatable bonds is 4. The summed E-state index contributed by atoms with van der Waals surface area (Å²) in [6.45, 7) is 4.50. The van der Waals surface area contributed by atoms with Crippen molar-refractivity contribution in [1.82, 2.24) is 4.31 Å². The minimum Gasteiger partial charge on any atom is -0.299 e. The van der Waals surface area contributed by atoms with Crippen LogP contribution in [-0.4, -0.2) is 37.3 Å². The summed E-state index contributed by atoms with van der Waals surface area (Å²) in [4.78, 5) is 11.3. The highest BCUT2D eigenvalue weighted by Gasteiger charge is 2.30. The Kier molecular flexibility index (Phi) is 4.28. The van der Waals surface area contributed by atoms with Crippen LogP contribution in [0.5, 0.6) is 0 Å². The number of unbranched alkanes of at least 4 members (excludes halogenated alkanes) is 1. The highest BCUT2D eigenvalue weighted by Crippen LogP contribution is 2.16. The molecule has 15 heavy (non-hydrogen) atoms. The fourth-order valence-corrected chi connectivity index (χ4v) is 3.42. The average molecular weight is 233 g/mol. The maximum atomic E-state index is 11.8. The molecule has 1 saturated heterocycles. The molecule has 1 unspecified atom stereocenters. The molecule has 0 saturated carbocycles. The number of sulfonamides is 1. The minimum absolute atomic E-state index is 0.143. The lowest BCUT2D eigenvalue weighted by atomic mass is 10.0. The first-order valence-corrected chi connectivity index (χ1v) is 7.09. The summed E-state index contributed by atoms with van der Waals surface area (Å²) >= 11 is 0. The van der Waals surface area contributed by atoms with Gasteiger partial charge in [0.25, 0.3) is 0 Å². The van der Waals surface area contributed by atoms with Crippen LogP contribution in [0.25, 0.3) is 0 Å². The molecule has 1 rings (SSSR count). The number of carbonyl (C=O) groups excluding carboxylic acids is 1. The number of hydrogen-bond acceptors (Lipinski definition) is 3. The number of hydrogen-bond donors (Lipinski definition) is 0. The zero-order valence-corrected chi connectivity index (χ0v) is 10.2. The van der Waals surface area contributed by atoms with E-state index >= 15 is 0 Å². The average Bonchev–Trinajstić information content (AvgIpc) is 2.19. The third-order valence-electron chi connectivity index (χ3n) is 2.78. The highest BCUT2D eigenvalue weighted by molar-refractivity contribution is 7.89. The van der Waals surface area contributed by atoms with Crippen molar-refractivity contribution in [3.63, 3.8) is 0 Å². The van der Waals surface area contributed by atoms with E-state index < -0.39 is 10.0 Å². The number of nitrogens with zero attached hydrogens (tertiary/aromatic N) is 1. The van der Waals surface area contributed by atoms with Gasteiger partial charge in [-0.25, -0.2) is 12.7 Å². The molecular formula is C10H19NO3S. The lowest BCUT2D eigenvalue weighted by Crippen LogP contribution is -2.44. The minimum atomic E-state index is -3.12. The molecule has 1 aliphatic rings. The Labute approximate surface area is 91.7 Å². The smallest absolute Gasteiger partial charge is 0.214 e. The van der Waals surface area contributed by atoms with Crippen LogP contribution >= 0.6 is 0 Å². The molecule has 4 nitrogen and oxygen atoms in total. The second kappa shape index (κ2) is 5.07. The van der Waals surface area contributed by atoms with Crippen molar-refractivity contribution in [2.45, 2.75) is 33.1 Å². The van der Waals surface area contributed by atoms with Gasteiger partial charge < -0.3 is 0 Å². The third kappa shape index (κ3) is 3.28. The second-order valence-electron chi connectivity index (χ2n) is 4.14. The summed E-state index contributed by atoms with van der Waals surface area (Å²) in [5.74, 6) is 0.247. The summed E-state index contributed by atoms with van der Waals surface area (Å²) < 4.78 is 25.1. The molecule has 88 valence electrons. The monoisotopic (exact) mass is 233 g/mol. The van der Waals surface area contributed by atoms with Crippen LogP contribution in [0.1, 0.15) is 33.1 Å². The zero-order chi connectivity index (χ0) is 11.5. The standard InChI is InChI=1S/C10H19NO3S/c1-3-4-7-15(13,14)11-6-5-10(12)9(2)8-11/h9H,3-8H2,1-2H3. The maximum absolute atomic E-state index is 11.8. The number of ketones is 1. The van der Waals surface area contributed by atoms with Crippen LogP contribution in [-0.2, 0) is 14.8 Å². The van der Waals surface area contributed by atoms with Crippen LogP contribution in [0.3, 0.4) is 0 Å². The van der Waals surface area contributed by atoms with Gasteiger partial charge in [-0.3, -0.25) is 4.79 Å². The maximum Gasteiger partial charge on any atom is 0.214 e. The van der Waals surface area contributed by atoms with Crippen LogP contribution in [0, 0.1) is 5.92 Å². The molecule has 0 aromatic heterocycles. The van der Waals surface area contributed by atoms with Gasteiger partial charge in [0.05, 0.1) is 5.75 Å². The lowest BCUT2D eigenvalue weighted by Gasteiger charge is -2.29. The van der Waals surface area contributed by atoms with Gasteiger partial charge in [0.2, 0.25) is 10.0 Å². The first-order chi connectivity index (χ1) is 6.97. The van der Waals surface area contributed by atoms with Crippen molar-refractivity contribution in [3.8, 4) is 0 Å². The van der Waals surface area contributed by atoms with Gasteiger partial charge >= 0.3 is 0 Å². The summed E-state index contributed by atoms with van der Waals surface area (Å²) in [7, 11) is -3.12. The van der Waals surface area contributed by atoms with Crippen molar-refractivity contribution in [2.75, 3.05) is 18.8 Å². The highest BCUT2D eigenvalue weighted by atomic mass is 32.2. The summed E-state index contributed by atoms with van der Waals surface area (Å²) in [6, 6.07) is 0. The van der Waals surface area contributed by atoms with Gasteiger partial charge in [-0.15, -0.1) is 0 Å². The number of carbonyl (C=O) groups is 1. The Balaban J connectivity index is 2.60. The van der Waals surface area contributed by atoms with E-state index in [1.54, 1.807) is 6.92 Å². The molecule has 0 N–H and O–H groups in total. The second-order valence-corrected chi connectivity index (χ2v) is 6.23. The Bertz CT molecular complexity index is 324. The molecule has 0 aromatic carbocycles. The Morgan fingerprint density at radius 2 is 2.13 bits per heavy atom. The molecular weight excluding hydrogens is 214 g/mol. The van der Waals surface area contributed by atoms with E-state index in [-0.39, 0.29) is 17.5 Å². The van der Waals surface area contributed by atoms with Crippen LogP contribution in [0.15, 0.2) is 0 Å². The fraction of sp³-hybridized carbons (Fsp3) is 0.900. The normalized spacial score (nSPS) is 24.4. The fourth-order valence-electron chi connectivity index (χ4n) is 1.69. The molecule has 5 heteroatoms. The van der Waals surface area contributed by atoms with E-state index in [2.05, 4.69) is 0 Å². The van der Waals surface area contributed by atoms with Crippen LogP contribution < -0.4 is 0 Å². The summed E-state index contributed by atoms with van der Waals surface area (Å²) in [5, 5.41) is 0. The third-order valence-corrected chi connectivity index (χ3v) is 4.71.